The van der Waals surface area contributed by atoms with Crippen molar-refractivity contribution in [2.75, 3.05) is 13.1 Å². The summed E-state index contributed by atoms with van der Waals surface area (Å²) in [5, 5.41) is 5.78. The fourth-order valence-corrected chi connectivity index (χ4v) is 8.59. The van der Waals surface area contributed by atoms with Crippen LogP contribution in [0.1, 0.15) is 17.5 Å². The molecule has 0 saturated carbocycles. The Balaban J connectivity index is 1.06. The van der Waals surface area contributed by atoms with Crippen molar-refractivity contribution in [2.24, 2.45) is 4.99 Å². The van der Waals surface area contributed by atoms with Crippen LogP contribution in [0.5, 0.6) is 0 Å². The van der Waals surface area contributed by atoms with Gasteiger partial charge in [0.05, 0.1) is 38.8 Å². The van der Waals surface area contributed by atoms with Crippen LogP contribution in [-0.2, 0) is 0 Å². The molecular formula is C50H36N6. The van der Waals surface area contributed by atoms with E-state index in [1.165, 1.54) is 16.7 Å². The Morgan fingerprint density at radius 2 is 1.12 bits per heavy atom. The summed E-state index contributed by atoms with van der Waals surface area (Å²) in [6.45, 7) is 1.65. The van der Waals surface area contributed by atoms with E-state index in [4.69, 9.17) is 15.0 Å². The van der Waals surface area contributed by atoms with Gasteiger partial charge in [0.25, 0.3) is 0 Å². The van der Waals surface area contributed by atoms with Gasteiger partial charge in [0, 0.05) is 64.5 Å². The lowest BCUT2D eigenvalue weighted by Gasteiger charge is -2.16. The summed E-state index contributed by atoms with van der Waals surface area (Å²) >= 11 is 0. The minimum Gasteiger partial charge on any atom is -0.381 e. The standard InChI is InChI=1S/C50H36N6/c1-3-16-39(43-18-5-7-26-51-43)37(14-1)33-22-24-45-41(30-33)49-47(20-10-28-53-49)55(45)35-12-9-13-36(32-35)56-46-25-23-34(31-42(46)50-48(56)21-11-29-54-50)38-15-2-4-17-40(38)44-19-6-8-27-52-44/h1-7,9-25,28-32,51H,8,26-27H2. The Morgan fingerprint density at radius 3 is 1.71 bits per heavy atom. The zero-order valence-corrected chi connectivity index (χ0v) is 30.6. The quantitative estimate of drug-likeness (QED) is 0.186. The maximum atomic E-state index is 4.95. The van der Waals surface area contributed by atoms with E-state index in [9.17, 15) is 0 Å². The maximum Gasteiger partial charge on any atom is 0.0963 e. The molecule has 0 fully saturated rings. The van der Waals surface area contributed by atoms with Crippen LogP contribution >= 0.6 is 0 Å². The second-order valence-electron chi connectivity index (χ2n) is 14.3. The van der Waals surface area contributed by atoms with E-state index >= 15 is 0 Å². The number of benzene rings is 5. The van der Waals surface area contributed by atoms with Crippen LogP contribution in [0.2, 0.25) is 0 Å². The minimum atomic E-state index is 0.824. The number of allylic oxidation sites excluding steroid dienone is 3. The Labute approximate surface area is 324 Å². The van der Waals surface area contributed by atoms with Crippen LogP contribution in [-0.4, -0.2) is 37.9 Å². The van der Waals surface area contributed by atoms with Crippen molar-refractivity contribution in [3.63, 3.8) is 0 Å². The highest BCUT2D eigenvalue weighted by Gasteiger charge is 2.19. The maximum absolute atomic E-state index is 4.95. The summed E-state index contributed by atoms with van der Waals surface area (Å²) < 4.78 is 4.69. The average Bonchev–Trinajstić information content (AvgIpc) is 3.79. The highest BCUT2D eigenvalue weighted by molar-refractivity contribution is 6.14. The van der Waals surface area contributed by atoms with Gasteiger partial charge in [-0.2, -0.15) is 0 Å². The molecule has 11 rings (SSSR count). The van der Waals surface area contributed by atoms with Gasteiger partial charge in [-0.3, -0.25) is 15.0 Å². The van der Waals surface area contributed by atoms with Crippen LogP contribution < -0.4 is 5.32 Å². The first-order valence-electron chi connectivity index (χ1n) is 19.2. The first-order valence-corrected chi connectivity index (χ1v) is 19.2. The zero-order chi connectivity index (χ0) is 37.0. The lowest BCUT2D eigenvalue weighted by Crippen LogP contribution is -2.14. The van der Waals surface area contributed by atoms with Gasteiger partial charge in [-0.1, -0.05) is 85.0 Å². The molecule has 0 radical (unpaired) electrons. The van der Waals surface area contributed by atoms with Crippen molar-refractivity contribution >= 4 is 55.3 Å². The third-order valence-electron chi connectivity index (χ3n) is 11.1. The molecule has 0 bridgehead atoms. The molecule has 0 amide bonds. The van der Waals surface area contributed by atoms with Crippen molar-refractivity contribution in [1.82, 2.24) is 24.4 Å². The fourth-order valence-electron chi connectivity index (χ4n) is 8.59. The summed E-state index contributed by atoms with van der Waals surface area (Å²) in [6.07, 6.45) is 15.5. The van der Waals surface area contributed by atoms with E-state index in [-0.39, 0.29) is 0 Å². The van der Waals surface area contributed by atoms with Gasteiger partial charge in [0.15, 0.2) is 0 Å². The second-order valence-corrected chi connectivity index (χ2v) is 14.3. The van der Waals surface area contributed by atoms with Crippen LogP contribution in [0.15, 0.2) is 181 Å². The third kappa shape index (κ3) is 5.22. The molecule has 0 aliphatic carbocycles. The summed E-state index contributed by atoms with van der Waals surface area (Å²) in [7, 11) is 0. The monoisotopic (exact) mass is 720 g/mol. The Hall–Kier alpha value is -7.31. The number of pyridine rings is 2. The van der Waals surface area contributed by atoms with Gasteiger partial charge in [-0.25, -0.2) is 0 Å². The number of nitrogens with one attached hydrogen (secondary N) is 1. The summed E-state index contributed by atoms with van der Waals surface area (Å²) in [5.41, 5.74) is 17.6. The fraction of sp³-hybridized carbons (Fsp3) is 0.0600. The van der Waals surface area contributed by atoms with Crippen LogP contribution in [0.25, 0.3) is 83.2 Å². The summed E-state index contributed by atoms with van der Waals surface area (Å²) in [4.78, 5) is 14.7. The average molecular weight is 721 g/mol. The SMILES string of the molecule is C1=CCNC(c2ccccc2-c2ccc3c(c2)c2ncccc2n3-c2cccc(-n3c4ccc(-c5ccccc5C5=NCCC=C5)cc4c4ncccc43)c2)=C1. The van der Waals surface area contributed by atoms with Crippen molar-refractivity contribution in [2.45, 2.75) is 6.42 Å². The molecule has 4 aromatic heterocycles. The third-order valence-corrected chi connectivity index (χ3v) is 11.1. The highest BCUT2D eigenvalue weighted by Crippen LogP contribution is 2.38. The predicted molar refractivity (Wildman–Crippen MR) is 232 cm³/mol. The number of fused-ring (bicyclic) bond motifs is 6. The number of aromatic nitrogens is 4. The molecule has 6 heteroatoms. The van der Waals surface area contributed by atoms with Gasteiger partial charge in [0.1, 0.15) is 0 Å². The molecule has 0 atom stereocenters. The van der Waals surface area contributed by atoms with E-state index in [1.807, 2.05) is 24.5 Å². The van der Waals surface area contributed by atoms with Crippen molar-refractivity contribution in [3.8, 4) is 33.6 Å². The van der Waals surface area contributed by atoms with E-state index in [0.717, 1.165) is 103 Å². The van der Waals surface area contributed by atoms with Gasteiger partial charge in [-0.05, 0) is 108 Å². The molecule has 0 saturated heterocycles. The molecule has 5 aromatic carbocycles. The first-order chi connectivity index (χ1) is 27.8. The van der Waals surface area contributed by atoms with Gasteiger partial charge in [0.2, 0.25) is 0 Å². The molecule has 2 aliphatic rings. The number of nitrogens with zero attached hydrogens (tertiary/aromatic N) is 5. The largest absolute Gasteiger partial charge is 0.381 e. The molecule has 0 unspecified atom stereocenters. The molecule has 56 heavy (non-hydrogen) atoms. The molecule has 6 heterocycles. The van der Waals surface area contributed by atoms with Gasteiger partial charge >= 0.3 is 0 Å². The Morgan fingerprint density at radius 1 is 0.518 bits per heavy atom. The lowest BCUT2D eigenvalue weighted by molar-refractivity contribution is 0.994. The normalized spacial score (nSPS) is 14.1. The highest BCUT2D eigenvalue weighted by atomic mass is 15.0. The van der Waals surface area contributed by atoms with Crippen LogP contribution in [0.4, 0.5) is 0 Å². The Bertz CT molecular complexity index is 3150. The molecule has 9 aromatic rings. The van der Waals surface area contributed by atoms with E-state index in [2.05, 4.69) is 166 Å². The van der Waals surface area contributed by atoms with Crippen LogP contribution in [0.3, 0.4) is 0 Å². The summed E-state index contributed by atoms with van der Waals surface area (Å²) in [6, 6.07) is 48.0. The molecule has 1 N–H and O–H groups in total. The smallest absolute Gasteiger partial charge is 0.0963 e. The molecule has 6 nitrogen and oxygen atoms in total. The summed E-state index contributed by atoms with van der Waals surface area (Å²) in [5.74, 6) is 0. The number of rotatable bonds is 6. The minimum absolute atomic E-state index is 0.824. The van der Waals surface area contributed by atoms with Crippen LogP contribution in [0, 0.1) is 0 Å². The number of hydrogen-bond donors (Lipinski definition) is 1. The van der Waals surface area contributed by atoms with E-state index < -0.39 is 0 Å². The van der Waals surface area contributed by atoms with E-state index in [1.54, 1.807) is 0 Å². The second kappa shape index (κ2) is 13.2. The number of aliphatic imine (C=N–C) groups is 1. The van der Waals surface area contributed by atoms with Gasteiger partial charge < -0.3 is 14.5 Å². The van der Waals surface area contributed by atoms with Crippen molar-refractivity contribution < 1.29 is 0 Å². The zero-order valence-electron chi connectivity index (χ0n) is 30.6. The van der Waals surface area contributed by atoms with E-state index in [0.29, 0.717) is 0 Å². The van der Waals surface area contributed by atoms with Crippen molar-refractivity contribution in [1.29, 1.82) is 0 Å². The number of dihydropyridines is 2. The van der Waals surface area contributed by atoms with Crippen molar-refractivity contribution in [3.05, 3.63) is 187 Å². The molecule has 0 spiro atoms. The number of hydrogen-bond acceptors (Lipinski definition) is 4. The lowest BCUT2D eigenvalue weighted by atomic mass is 9.95. The molecule has 266 valence electrons. The predicted octanol–water partition coefficient (Wildman–Crippen LogP) is 11.3. The topological polar surface area (TPSA) is 60.0 Å². The Kier molecular flexibility index (Phi) is 7.59. The van der Waals surface area contributed by atoms with Gasteiger partial charge in [-0.15, -0.1) is 0 Å². The molecular weight excluding hydrogens is 685 g/mol. The first kappa shape index (κ1) is 32.1. The molecule has 2 aliphatic heterocycles.